The monoisotopic (exact) mass is 361 g/mol. The van der Waals surface area contributed by atoms with Crippen LogP contribution in [0.2, 0.25) is 0 Å². The minimum absolute atomic E-state index is 0.0773. The molecule has 2 aromatic rings. The van der Waals surface area contributed by atoms with E-state index in [2.05, 4.69) is 10.4 Å². The first-order chi connectivity index (χ1) is 12.0. The van der Waals surface area contributed by atoms with E-state index in [0.717, 1.165) is 18.4 Å². The molecule has 0 bridgehead atoms. The first-order valence-electron chi connectivity index (χ1n) is 8.58. The van der Waals surface area contributed by atoms with Gasteiger partial charge in [0.2, 0.25) is 5.91 Å². The zero-order chi connectivity index (χ0) is 17.9. The summed E-state index contributed by atoms with van der Waals surface area (Å²) in [6.07, 6.45) is 6.06. The molecule has 6 nitrogen and oxygen atoms in total. The first-order valence-corrected chi connectivity index (χ1v) is 10.2. The topological polar surface area (TPSA) is 81.1 Å². The number of aromatic nitrogens is 2. The van der Waals surface area contributed by atoms with E-state index in [0.29, 0.717) is 11.9 Å². The summed E-state index contributed by atoms with van der Waals surface area (Å²) in [5.41, 5.74) is 0.997. The van der Waals surface area contributed by atoms with Crippen molar-refractivity contribution in [2.24, 2.45) is 0 Å². The summed E-state index contributed by atoms with van der Waals surface area (Å²) in [5, 5.41) is 7.10. The van der Waals surface area contributed by atoms with Crippen LogP contribution in [0.5, 0.6) is 0 Å². The number of sulfone groups is 1. The van der Waals surface area contributed by atoms with E-state index >= 15 is 0 Å². The van der Waals surface area contributed by atoms with Gasteiger partial charge in [0.1, 0.15) is 5.82 Å². The Balaban J connectivity index is 1.60. The lowest BCUT2D eigenvalue weighted by Crippen LogP contribution is -2.20. The maximum Gasteiger partial charge on any atom is 0.226 e. The molecule has 1 amide bonds. The number of anilines is 1. The average Bonchev–Trinajstić information content (AvgIpc) is 3.24. The number of benzene rings is 1. The molecule has 134 valence electrons. The van der Waals surface area contributed by atoms with Gasteiger partial charge in [-0.25, -0.2) is 13.1 Å². The van der Waals surface area contributed by atoms with Crippen LogP contribution in [0.15, 0.2) is 41.4 Å². The van der Waals surface area contributed by atoms with Crippen molar-refractivity contribution in [2.75, 3.05) is 11.1 Å². The van der Waals surface area contributed by atoms with Gasteiger partial charge in [0.25, 0.3) is 0 Å². The second kappa shape index (κ2) is 7.39. The number of amides is 1. The molecule has 1 aromatic heterocycles. The SMILES string of the molecule is Cc1ccc(S(=O)(=O)CCC(=O)Nc2ccnn2C2CCCC2)cc1. The van der Waals surface area contributed by atoms with E-state index in [4.69, 9.17) is 0 Å². The largest absolute Gasteiger partial charge is 0.311 e. The highest BCUT2D eigenvalue weighted by Gasteiger charge is 2.21. The van der Waals surface area contributed by atoms with Crippen molar-refractivity contribution in [3.05, 3.63) is 42.1 Å². The van der Waals surface area contributed by atoms with Gasteiger partial charge in [-0.3, -0.25) is 4.79 Å². The van der Waals surface area contributed by atoms with Gasteiger partial charge in [-0.05, 0) is 31.9 Å². The molecule has 7 heteroatoms. The minimum atomic E-state index is -3.46. The predicted molar refractivity (Wildman–Crippen MR) is 96.2 cm³/mol. The molecule has 0 atom stereocenters. The lowest BCUT2D eigenvalue weighted by molar-refractivity contribution is -0.115. The van der Waals surface area contributed by atoms with Crippen LogP contribution in [0.3, 0.4) is 0 Å². The maximum atomic E-state index is 12.3. The maximum absolute atomic E-state index is 12.3. The molecule has 1 N–H and O–H groups in total. The number of hydrogen-bond acceptors (Lipinski definition) is 4. The molecule has 1 aliphatic rings. The van der Waals surface area contributed by atoms with Crippen molar-refractivity contribution in [3.8, 4) is 0 Å². The van der Waals surface area contributed by atoms with E-state index in [-0.39, 0.29) is 23.0 Å². The fourth-order valence-corrected chi connectivity index (χ4v) is 4.39. The summed E-state index contributed by atoms with van der Waals surface area (Å²) in [6.45, 7) is 1.90. The molecule has 1 heterocycles. The lowest BCUT2D eigenvalue weighted by atomic mass is 10.2. The Morgan fingerprint density at radius 2 is 1.88 bits per heavy atom. The number of aryl methyl sites for hydroxylation is 1. The number of carbonyl (C=O) groups excluding carboxylic acids is 1. The summed E-state index contributed by atoms with van der Waals surface area (Å²) in [6, 6.07) is 8.75. The fourth-order valence-electron chi connectivity index (χ4n) is 3.15. The molecule has 0 radical (unpaired) electrons. The molecule has 1 fully saturated rings. The highest BCUT2D eigenvalue weighted by atomic mass is 32.2. The van der Waals surface area contributed by atoms with Gasteiger partial charge in [0.15, 0.2) is 9.84 Å². The molecule has 3 rings (SSSR count). The molecule has 1 aliphatic carbocycles. The van der Waals surface area contributed by atoms with E-state index in [9.17, 15) is 13.2 Å². The summed E-state index contributed by atoms with van der Waals surface area (Å²) in [4.78, 5) is 12.4. The summed E-state index contributed by atoms with van der Waals surface area (Å²) < 4.78 is 26.5. The summed E-state index contributed by atoms with van der Waals surface area (Å²) in [5.74, 6) is 0.125. The third kappa shape index (κ3) is 4.28. The molecular formula is C18H23N3O3S. The van der Waals surface area contributed by atoms with Crippen molar-refractivity contribution in [3.63, 3.8) is 0 Å². The second-order valence-electron chi connectivity index (χ2n) is 6.53. The molecule has 1 aromatic carbocycles. The summed E-state index contributed by atoms with van der Waals surface area (Å²) >= 11 is 0. The molecular weight excluding hydrogens is 338 g/mol. The van der Waals surface area contributed by atoms with Crippen LogP contribution in [0.4, 0.5) is 5.82 Å². The highest BCUT2D eigenvalue weighted by molar-refractivity contribution is 7.91. The van der Waals surface area contributed by atoms with Gasteiger partial charge in [-0.15, -0.1) is 0 Å². The van der Waals surface area contributed by atoms with Gasteiger partial charge in [0.05, 0.1) is 22.9 Å². The first kappa shape index (κ1) is 17.7. The average molecular weight is 361 g/mol. The smallest absolute Gasteiger partial charge is 0.226 e. The minimum Gasteiger partial charge on any atom is -0.311 e. The van der Waals surface area contributed by atoms with Crippen LogP contribution in [-0.2, 0) is 14.6 Å². The molecule has 0 saturated heterocycles. The molecule has 0 unspecified atom stereocenters. The van der Waals surface area contributed by atoms with Crippen molar-refractivity contribution in [2.45, 2.75) is 50.0 Å². The highest BCUT2D eigenvalue weighted by Crippen LogP contribution is 2.31. The lowest BCUT2D eigenvalue weighted by Gasteiger charge is -2.14. The van der Waals surface area contributed by atoms with Crippen molar-refractivity contribution < 1.29 is 13.2 Å². The van der Waals surface area contributed by atoms with Crippen molar-refractivity contribution in [1.82, 2.24) is 9.78 Å². The fraction of sp³-hybridized carbons (Fsp3) is 0.444. The number of carbonyl (C=O) groups is 1. The summed E-state index contributed by atoms with van der Waals surface area (Å²) in [7, 11) is -3.46. The van der Waals surface area contributed by atoms with Crippen molar-refractivity contribution in [1.29, 1.82) is 0 Å². The molecule has 0 spiro atoms. The number of nitrogens with zero attached hydrogens (tertiary/aromatic N) is 2. The Kier molecular flexibility index (Phi) is 5.22. The zero-order valence-corrected chi connectivity index (χ0v) is 15.1. The van der Waals surface area contributed by atoms with Gasteiger partial charge < -0.3 is 5.32 Å². The van der Waals surface area contributed by atoms with E-state index in [1.165, 1.54) is 12.8 Å². The number of nitrogens with one attached hydrogen (secondary N) is 1. The quantitative estimate of drug-likeness (QED) is 0.857. The van der Waals surface area contributed by atoms with Gasteiger partial charge in [-0.2, -0.15) is 5.10 Å². The normalized spacial score (nSPS) is 15.4. The van der Waals surface area contributed by atoms with E-state index < -0.39 is 9.84 Å². The standard InChI is InChI=1S/C18H23N3O3S/c1-14-6-8-16(9-7-14)25(23,24)13-11-18(22)20-17-10-12-19-21(17)15-4-2-3-5-15/h6-10,12,15H,2-5,11,13H2,1H3,(H,20,22). The van der Waals surface area contributed by atoms with E-state index in [1.807, 2.05) is 11.6 Å². The Bertz CT molecular complexity index is 835. The van der Waals surface area contributed by atoms with Gasteiger partial charge in [0, 0.05) is 12.5 Å². The van der Waals surface area contributed by atoms with Crippen LogP contribution < -0.4 is 5.32 Å². The van der Waals surface area contributed by atoms with Crippen LogP contribution in [-0.4, -0.2) is 29.9 Å². The van der Waals surface area contributed by atoms with E-state index in [1.54, 1.807) is 36.5 Å². The third-order valence-electron chi connectivity index (χ3n) is 4.59. The predicted octanol–water partition coefficient (Wildman–Crippen LogP) is 3.11. The number of rotatable bonds is 6. The van der Waals surface area contributed by atoms with Gasteiger partial charge in [-0.1, -0.05) is 30.5 Å². The zero-order valence-electron chi connectivity index (χ0n) is 14.3. The van der Waals surface area contributed by atoms with Crippen LogP contribution in [0.25, 0.3) is 0 Å². The Morgan fingerprint density at radius 1 is 1.20 bits per heavy atom. The van der Waals surface area contributed by atoms with Crippen LogP contribution in [0, 0.1) is 6.92 Å². The Labute approximate surface area is 148 Å². The third-order valence-corrected chi connectivity index (χ3v) is 6.32. The molecule has 25 heavy (non-hydrogen) atoms. The van der Waals surface area contributed by atoms with Crippen LogP contribution in [0.1, 0.15) is 43.7 Å². The molecule has 1 saturated carbocycles. The number of hydrogen-bond donors (Lipinski definition) is 1. The second-order valence-corrected chi connectivity index (χ2v) is 8.64. The van der Waals surface area contributed by atoms with Gasteiger partial charge >= 0.3 is 0 Å². The Morgan fingerprint density at radius 3 is 2.56 bits per heavy atom. The Hall–Kier alpha value is -2.15. The molecule has 0 aliphatic heterocycles. The van der Waals surface area contributed by atoms with Crippen LogP contribution >= 0.6 is 0 Å². The van der Waals surface area contributed by atoms with Crippen molar-refractivity contribution >= 4 is 21.6 Å².